The van der Waals surface area contributed by atoms with Crippen molar-refractivity contribution in [1.29, 1.82) is 0 Å². The Balaban J connectivity index is 1.22. The van der Waals surface area contributed by atoms with Crippen LogP contribution in [0.3, 0.4) is 0 Å². The largest absolute Gasteiger partial charge is 0.381 e. The van der Waals surface area contributed by atoms with Gasteiger partial charge in [0.2, 0.25) is 5.91 Å². The molecule has 8 nitrogen and oxygen atoms in total. The maximum atomic E-state index is 12.9. The molecule has 174 valence electrons. The molecule has 8 heteroatoms. The Hall–Kier alpha value is -2.84. The highest BCUT2D eigenvalue weighted by molar-refractivity contribution is 6.04. The smallest absolute Gasteiger partial charge is 0.249 e. The Kier molecular flexibility index (Phi) is 4.96. The second kappa shape index (κ2) is 7.88. The van der Waals surface area contributed by atoms with E-state index in [1.807, 2.05) is 26.1 Å². The Morgan fingerprint density at radius 3 is 2.42 bits per heavy atom. The lowest BCUT2D eigenvalue weighted by Gasteiger charge is -2.56. The lowest BCUT2D eigenvalue weighted by molar-refractivity contribution is -0.127. The SMILES string of the molecule is C[C@@H]1C(=O)N(C)c2ccc(Nc3ccc(N4CC5(COC5)C4)cc3)nc2N1C1CCOCC1. The molecule has 3 saturated heterocycles. The molecule has 0 unspecified atom stereocenters. The first-order valence-corrected chi connectivity index (χ1v) is 11.9. The first-order valence-electron chi connectivity index (χ1n) is 11.9. The Morgan fingerprint density at radius 1 is 1.03 bits per heavy atom. The van der Waals surface area contributed by atoms with Crippen molar-refractivity contribution in [2.24, 2.45) is 5.41 Å². The van der Waals surface area contributed by atoms with Crippen LogP contribution in [0.5, 0.6) is 0 Å². The number of nitrogens with zero attached hydrogens (tertiary/aromatic N) is 4. The molecule has 1 amide bonds. The van der Waals surface area contributed by atoms with Crippen LogP contribution in [-0.4, -0.2) is 69.5 Å². The van der Waals surface area contributed by atoms with Crippen molar-refractivity contribution >= 4 is 34.6 Å². The molecule has 0 aliphatic carbocycles. The van der Waals surface area contributed by atoms with Crippen molar-refractivity contribution in [3.05, 3.63) is 36.4 Å². The van der Waals surface area contributed by atoms with E-state index in [9.17, 15) is 4.79 Å². The first-order chi connectivity index (χ1) is 16.0. The molecular formula is C25H31N5O3. The quantitative estimate of drug-likeness (QED) is 0.769. The third-order valence-corrected chi connectivity index (χ3v) is 7.52. The maximum Gasteiger partial charge on any atom is 0.249 e. The van der Waals surface area contributed by atoms with Gasteiger partial charge in [0.25, 0.3) is 0 Å². The predicted molar refractivity (Wildman–Crippen MR) is 129 cm³/mol. The van der Waals surface area contributed by atoms with Crippen molar-refractivity contribution in [2.45, 2.75) is 31.8 Å². The van der Waals surface area contributed by atoms with Crippen LogP contribution in [0.25, 0.3) is 0 Å². The fraction of sp³-hybridized carbons (Fsp3) is 0.520. The van der Waals surface area contributed by atoms with E-state index in [4.69, 9.17) is 14.5 Å². The van der Waals surface area contributed by atoms with Crippen molar-refractivity contribution in [2.75, 3.05) is 66.6 Å². The van der Waals surface area contributed by atoms with Gasteiger partial charge in [0, 0.05) is 50.8 Å². The Morgan fingerprint density at radius 2 is 1.76 bits per heavy atom. The topological polar surface area (TPSA) is 70.2 Å². The molecule has 0 radical (unpaired) electrons. The molecule has 4 aliphatic heterocycles. The van der Waals surface area contributed by atoms with E-state index in [0.29, 0.717) is 5.41 Å². The second-order valence-electron chi connectivity index (χ2n) is 9.88. The fourth-order valence-corrected chi connectivity index (χ4v) is 5.54. The number of nitrogens with one attached hydrogen (secondary N) is 1. The standard InChI is InChI=1S/C25H31N5O3/c1-17-24(31)28(2)21-7-8-22(27-23(21)30(17)20-9-11-32-12-10-20)26-18-3-5-19(6-4-18)29-13-25(14-29)15-33-16-25/h3-8,17,20H,9-16H2,1-2H3,(H,26,27)/t17-/m1/s1. The summed E-state index contributed by atoms with van der Waals surface area (Å²) in [5.41, 5.74) is 3.51. The highest BCUT2D eigenvalue weighted by atomic mass is 16.5. The van der Waals surface area contributed by atoms with E-state index in [1.54, 1.807) is 4.90 Å². The number of carbonyl (C=O) groups is 1. The van der Waals surface area contributed by atoms with Crippen LogP contribution in [0.4, 0.5) is 28.7 Å². The minimum atomic E-state index is -0.242. The Bertz CT molecular complexity index is 1040. The van der Waals surface area contributed by atoms with Gasteiger partial charge in [-0.15, -0.1) is 0 Å². The van der Waals surface area contributed by atoms with E-state index in [2.05, 4.69) is 39.4 Å². The van der Waals surface area contributed by atoms with Crippen LogP contribution >= 0.6 is 0 Å². The molecule has 4 aliphatic rings. The number of rotatable bonds is 4. The summed E-state index contributed by atoms with van der Waals surface area (Å²) in [6, 6.07) is 12.5. The summed E-state index contributed by atoms with van der Waals surface area (Å²) < 4.78 is 10.9. The number of hydrogen-bond acceptors (Lipinski definition) is 7. The van der Waals surface area contributed by atoms with Gasteiger partial charge in [0.05, 0.1) is 24.3 Å². The summed E-state index contributed by atoms with van der Waals surface area (Å²) in [5.74, 6) is 1.75. The molecule has 6 rings (SSSR count). The van der Waals surface area contributed by atoms with Gasteiger partial charge in [-0.25, -0.2) is 4.98 Å². The molecule has 1 spiro atoms. The molecule has 33 heavy (non-hydrogen) atoms. The molecular weight excluding hydrogens is 418 g/mol. The zero-order valence-corrected chi connectivity index (χ0v) is 19.3. The van der Waals surface area contributed by atoms with Gasteiger partial charge in [0.15, 0.2) is 5.82 Å². The van der Waals surface area contributed by atoms with Crippen LogP contribution in [0, 0.1) is 5.41 Å². The zero-order valence-electron chi connectivity index (χ0n) is 19.3. The number of pyridine rings is 1. The zero-order chi connectivity index (χ0) is 22.6. The highest BCUT2D eigenvalue weighted by Gasteiger charge is 2.49. The van der Waals surface area contributed by atoms with Crippen LogP contribution in [0.15, 0.2) is 36.4 Å². The van der Waals surface area contributed by atoms with Gasteiger partial charge in [-0.2, -0.15) is 0 Å². The van der Waals surface area contributed by atoms with Gasteiger partial charge < -0.3 is 29.5 Å². The minimum Gasteiger partial charge on any atom is -0.381 e. The summed E-state index contributed by atoms with van der Waals surface area (Å²) in [5, 5.41) is 3.45. The van der Waals surface area contributed by atoms with E-state index >= 15 is 0 Å². The summed E-state index contributed by atoms with van der Waals surface area (Å²) in [7, 11) is 1.84. The van der Waals surface area contributed by atoms with Crippen LogP contribution in [0.1, 0.15) is 19.8 Å². The lowest BCUT2D eigenvalue weighted by atomic mass is 9.78. The molecule has 3 fully saturated rings. The van der Waals surface area contributed by atoms with Crippen molar-refractivity contribution < 1.29 is 14.3 Å². The minimum absolute atomic E-state index is 0.105. The molecule has 2 aromatic rings. The number of amides is 1. The number of fused-ring (bicyclic) bond motifs is 1. The number of aromatic nitrogens is 1. The van der Waals surface area contributed by atoms with E-state index < -0.39 is 0 Å². The number of likely N-dealkylation sites (N-methyl/N-ethyl adjacent to an activating group) is 1. The highest BCUT2D eigenvalue weighted by Crippen LogP contribution is 2.41. The average molecular weight is 450 g/mol. The second-order valence-corrected chi connectivity index (χ2v) is 9.88. The van der Waals surface area contributed by atoms with Gasteiger partial charge in [-0.05, 0) is 56.2 Å². The number of anilines is 5. The predicted octanol–water partition coefficient (Wildman–Crippen LogP) is 3.01. The molecule has 5 heterocycles. The first kappa shape index (κ1) is 20.7. The monoisotopic (exact) mass is 449 g/mol. The number of carbonyl (C=O) groups excluding carboxylic acids is 1. The average Bonchev–Trinajstić information content (AvgIpc) is 2.78. The summed E-state index contributed by atoms with van der Waals surface area (Å²) in [4.78, 5) is 24.2. The van der Waals surface area contributed by atoms with E-state index in [-0.39, 0.29) is 18.0 Å². The van der Waals surface area contributed by atoms with Gasteiger partial charge in [-0.3, -0.25) is 4.79 Å². The third kappa shape index (κ3) is 3.52. The molecule has 0 saturated carbocycles. The molecule has 0 bridgehead atoms. The van der Waals surface area contributed by atoms with E-state index in [0.717, 1.165) is 75.4 Å². The van der Waals surface area contributed by atoms with Gasteiger partial charge in [-0.1, -0.05) is 0 Å². The molecule has 1 N–H and O–H groups in total. The van der Waals surface area contributed by atoms with Crippen LogP contribution < -0.4 is 20.0 Å². The van der Waals surface area contributed by atoms with Crippen molar-refractivity contribution in [3.8, 4) is 0 Å². The van der Waals surface area contributed by atoms with E-state index in [1.165, 1.54) is 5.69 Å². The number of ether oxygens (including phenoxy) is 2. The molecule has 1 aromatic heterocycles. The number of benzene rings is 1. The molecule has 1 atom stereocenters. The fourth-order valence-electron chi connectivity index (χ4n) is 5.54. The summed E-state index contributed by atoms with van der Waals surface area (Å²) in [6.45, 7) is 7.39. The molecule has 1 aromatic carbocycles. The van der Waals surface area contributed by atoms with Gasteiger partial charge >= 0.3 is 0 Å². The Labute approximate surface area is 194 Å². The summed E-state index contributed by atoms with van der Waals surface area (Å²) >= 11 is 0. The lowest BCUT2D eigenvalue weighted by Crippen LogP contribution is -2.66. The third-order valence-electron chi connectivity index (χ3n) is 7.52. The number of hydrogen-bond donors (Lipinski definition) is 1. The van der Waals surface area contributed by atoms with Crippen molar-refractivity contribution in [1.82, 2.24) is 4.98 Å². The van der Waals surface area contributed by atoms with Gasteiger partial charge in [0.1, 0.15) is 11.9 Å². The van der Waals surface area contributed by atoms with Crippen LogP contribution in [0.2, 0.25) is 0 Å². The van der Waals surface area contributed by atoms with Crippen LogP contribution in [-0.2, 0) is 14.3 Å². The van der Waals surface area contributed by atoms with Crippen molar-refractivity contribution in [3.63, 3.8) is 0 Å². The normalized spacial score (nSPS) is 24.4. The summed E-state index contributed by atoms with van der Waals surface area (Å²) in [6.07, 6.45) is 1.82. The maximum absolute atomic E-state index is 12.9.